The number of amides is 2. The van der Waals surface area contributed by atoms with Crippen molar-refractivity contribution in [3.05, 3.63) is 53.6 Å². The summed E-state index contributed by atoms with van der Waals surface area (Å²) in [4.78, 5) is 30.3. The number of aromatic amines is 1. The van der Waals surface area contributed by atoms with Crippen LogP contribution in [0.25, 0.3) is 0 Å². The lowest BCUT2D eigenvalue weighted by Gasteiger charge is -2.06. The first-order chi connectivity index (χ1) is 9.65. The zero-order chi connectivity index (χ0) is 14.4. The van der Waals surface area contributed by atoms with Crippen LogP contribution in [0, 0.1) is 6.92 Å². The molecule has 0 unspecified atom stereocenters. The van der Waals surface area contributed by atoms with E-state index in [9.17, 15) is 9.59 Å². The molecule has 0 bridgehead atoms. The van der Waals surface area contributed by atoms with E-state index in [0.717, 1.165) is 5.56 Å². The van der Waals surface area contributed by atoms with Gasteiger partial charge in [0.25, 0.3) is 5.91 Å². The number of aryl methyl sites for hydroxylation is 1. The molecule has 2 amide bonds. The Morgan fingerprint density at radius 2 is 2.15 bits per heavy atom. The number of benzene rings is 1. The summed E-state index contributed by atoms with van der Waals surface area (Å²) < 4.78 is 0. The Labute approximate surface area is 116 Å². The van der Waals surface area contributed by atoms with Gasteiger partial charge < -0.3 is 15.6 Å². The molecule has 6 heteroatoms. The minimum atomic E-state index is -0.262. The average Bonchev–Trinajstić information content (AvgIpc) is 2.95. The lowest BCUT2D eigenvalue weighted by molar-refractivity contribution is -0.120. The fraction of sp³-hybridized carbons (Fsp3) is 0.214. The molecule has 1 aromatic carbocycles. The Morgan fingerprint density at radius 1 is 1.30 bits per heavy atom. The number of hydrogen-bond acceptors (Lipinski definition) is 3. The second kappa shape index (κ2) is 6.51. The van der Waals surface area contributed by atoms with Gasteiger partial charge >= 0.3 is 0 Å². The van der Waals surface area contributed by atoms with E-state index in [2.05, 4.69) is 20.6 Å². The molecule has 20 heavy (non-hydrogen) atoms. The van der Waals surface area contributed by atoms with Gasteiger partial charge in [-0.15, -0.1) is 0 Å². The maximum Gasteiger partial charge on any atom is 0.251 e. The van der Waals surface area contributed by atoms with Crippen LogP contribution in [-0.4, -0.2) is 28.3 Å². The molecule has 0 spiro atoms. The van der Waals surface area contributed by atoms with Gasteiger partial charge in [-0.3, -0.25) is 9.59 Å². The Balaban J connectivity index is 1.77. The number of H-pyrrole nitrogens is 1. The number of nitrogens with zero attached hydrogens (tertiary/aromatic N) is 1. The summed E-state index contributed by atoms with van der Waals surface area (Å²) in [5.41, 5.74) is 1.55. The predicted octanol–water partition coefficient (Wildman–Crippen LogP) is 0.764. The van der Waals surface area contributed by atoms with Crippen molar-refractivity contribution >= 4 is 11.8 Å². The fourth-order valence-corrected chi connectivity index (χ4v) is 1.69. The third-order valence-corrected chi connectivity index (χ3v) is 2.70. The van der Waals surface area contributed by atoms with Gasteiger partial charge in [-0.1, -0.05) is 17.7 Å². The van der Waals surface area contributed by atoms with Gasteiger partial charge in [0.1, 0.15) is 5.82 Å². The average molecular weight is 272 g/mol. The summed E-state index contributed by atoms with van der Waals surface area (Å²) in [7, 11) is 0. The lowest BCUT2D eigenvalue weighted by atomic mass is 10.1. The highest BCUT2D eigenvalue weighted by Crippen LogP contribution is 2.03. The molecule has 1 aromatic heterocycles. The molecule has 2 rings (SSSR count). The number of carbonyl (C=O) groups is 2. The van der Waals surface area contributed by atoms with Crippen molar-refractivity contribution in [2.45, 2.75) is 13.5 Å². The molecule has 0 aliphatic rings. The number of hydrogen-bond donors (Lipinski definition) is 3. The third kappa shape index (κ3) is 3.94. The van der Waals surface area contributed by atoms with Gasteiger partial charge in [0, 0.05) is 18.0 Å². The van der Waals surface area contributed by atoms with Crippen LogP contribution in [0.2, 0.25) is 0 Å². The SMILES string of the molecule is Cc1cccc(C(=O)NCC(=O)NCc2ncc[nH]2)c1. The van der Waals surface area contributed by atoms with Crippen LogP contribution >= 0.6 is 0 Å². The number of aromatic nitrogens is 2. The second-order valence-electron chi connectivity index (χ2n) is 4.36. The first-order valence-electron chi connectivity index (χ1n) is 6.25. The van der Waals surface area contributed by atoms with Crippen LogP contribution in [0.1, 0.15) is 21.7 Å². The largest absolute Gasteiger partial charge is 0.347 e. The summed E-state index contributed by atoms with van der Waals surface area (Å²) in [6.45, 7) is 2.16. The van der Waals surface area contributed by atoms with Crippen molar-refractivity contribution in [2.75, 3.05) is 6.54 Å². The summed E-state index contributed by atoms with van der Waals surface area (Å²) in [6.07, 6.45) is 3.29. The highest BCUT2D eigenvalue weighted by Gasteiger charge is 2.08. The van der Waals surface area contributed by atoms with Gasteiger partial charge in [0.2, 0.25) is 5.91 Å². The monoisotopic (exact) mass is 272 g/mol. The van der Waals surface area contributed by atoms with Gasteiger partial charge in [-0.25, -0.2) is 4.98 Å². The van der Waals surface area contributed by atoms with E-state index in [1.54, 1.807) is 30.6 Å². The van der Waals surface area contributed by atoms with Crippen molar-refractivity contribution in [1.29, 1.82) is 0 Å². The summed E-state index contributed by atoms with van der Waals surface area (Å²) in [6, 6.07) is 7.20. The molecule has 6 nitrogen and oxygen atoms in total. The highest BCUT2D eigenvalue weighted by atomic mass is 16.2. The topological polar surface area (TPSA) is 86.9 Å². The smallest absolute Gasteiger partial charge is 0.251 e. The van der Waals surface area contributed by atoms with Gasteiger partial charge in [0.15, 0.2) is 0 Å². The van der Waals surface area contributed by atoms with Crippen LogP contribution in [0.4, 0.5) is 0 Å². The molecule has 0 saturated carbocycles. The second-order valence-corrected chi connectivity index (χ2v) is 4.36. The first-order valence-corrected chi connectivity index (χ1v) is 6.25. The summed E-state index contributed by atoms with van der Waals surface area (Å²) >= 11 is 0. The first kappa shape index (κ1) is 13.8. The zero-order valence-corrected chi connectivity index (χ0v) is 11.1. The minimum absolute atomic E-state index is 0.0620. The van der Waals surface area contributed by atoms with Crippen LogP contribution in [0.15, 0.2) is 36.7 Å². The van der Waals surface area contributed by atoms with E-state index in [4.69, 9.17) is 0 Å². The van der Waals surface area contributed by atoms with Crippen LogP contribution in [0.5, 0.6) is 0 Å². The highest BCUT2D eigenvalue weighted by molar-refractivity contribution is 5.96. The maximum absolute atomic E-state index is 11.8. The van der Waals surface area contributed by atoms with E-state index in [1.165, 1.54) is 0 Å². The van der Waals surface area contributed by atoms with E-state index < -0.39 is 0 Å². The molecule has 0 aliphatic heterocycles. The summed E-state index contributed by atoms with van der Waals surface area (Å²) in [5.74, 6) is 0.146. The molecule has 0 fully saturated rings. The van der Waals surface area contributed by atoms with Gasteiger partial charge in [-0.05, 0) is 19.1 Å². The van der Waals surface area contributed by atoms with E-state index in [1.807, 2.05) is 13.0 Å². The van der Waals surface area contributed by atoms with E-state index in [-0.39, 0.29) is 18.4 Å². The standard InChI is InChI=1S/C14H16N4O2/c1-10-3-2-4-11(7-10)14(20)18-9-13(19)17-8-12-15-5-6-16-12/h2-7H,8-9H2,1H3,(H,15,16)(H,17,19)(H,18,20). The quantitative estimate of drug-likeness (QED) is 0.751. The Kier molecular flexibility index (Phi) is 4.49. The number of imidazole rings is 1. The molecule has 0 atom stereocenters. The van der Waals surface area contributed by atoms with Gasteiger partial charge in [-0.2, -0.15) is 0 Å². The van der Waals surface area contributed by atoms with Gasteiger partial charge in [0.05, 0.1) is 13.1 Å². The van der Waals surface area contributed by atoms with Crippen molar-refractivity contribution in [2.24, 2.45) is 0 Å². The molecule has 104 valence electrons. The maximum atomic E-state index is 11.8. The van der Waals surface area contributed by atoms with Crippen LogP contribution in [0.3, 0.4) is 0 Å². The van der Waals surface area contributed by atoms with Crippen molar-refractivity contribution in [3.63, 3.8) is 0 Å². The van der Waals surface area contributed by atoms with Crippen molar-refractivity contribution in [3.8, 4) is 0 Å². The van der Waals surface area contributed by atoms with Crippen LogP contribution in [-0.2, 0) is 11.3 Å². The number of carbonyl (C=O) groups excluding carboxylic acids is 2. The van der Waals surface area contributed by atoms with Crippen LogP contribution < -0.4 is 10.6 Å². The molecule has 0 aliphatic carbocycles. The Hall–Kier alpha value is -2.63. The normalized spacial score (nSPS) is 10.1. The molecule has 0 radical (unpaired) electrons. The molecular formula is C14H16N4O2. The fourth-order valence-electron chi connectivity index (χ4n) is 1.69. The number of rotatable bonds is 5. The minimum Gasteiger partial charge on any atom is -0.347 e. The molecule has 1 heterocycles. The molecular weight excluding hydrogens is 256 g/mol. The third-order valence-electron chi connectivity index (χ3n) is 2.70. The molecule has 2 aromatic rings. The zero-order valence-electron chi connectivity index (χ0n) is 11.1. The molecule has 0 saturated heterocycles. The van der Waals surface area contributed by atoms with Crippen molar-refractivity contribution in [1.82, 2.24) is 20.6 Å². The molecule has 3 N–H and O–H groups in total. The van der Waals surface area contributed by atoms with E-state index >= 15 is 0 Å². The summed E-state index contributed by atoms with van der Waals surface area (Å²) in [5, 5.41) is 5.23. The lowest BCUT2D eigenvalue weighted by Crippen LogP contribution is -2.36. The van der Waals surface area contributed by atoms with E-state index in [0.29, 0.717) is 17.9 Å². The predicted molar refractivity (Wildman–Crippen MR) is 73.9 cm³/mol. The Bertz CT molecular complexity index is 593. The Morgan fingerprint density at radius 3 is 2.85 bits per heavy atom. The number of nitrogens with one attached hydrogen (secondary N) is 3. The van der Waals surface area contributed by atoms with Crippen molar-refractivity contribution < 1.29 is 9.59 Å².